The minimum Gasteiger partial charge on any atom is -0.479 e. The van der Waals surface area contributed by atoms with E-state index in [0.717, 1.165) is 16.8 Å². The lowest BCUT2D eigenvalue weighted by molar-refractivity contribution is 0.0988. The standard InChI is InChI=1S/C27H26Cl2N6O3/c1-6-20-30-12-19(25(31-20)38-5)35-23(14(2)3)21-22(32-35)27(37)34(17-11-18(29)26(36)33(4)13-17)24(21)15-7-9-16(28)10-8-15/h7-14,24H,6H2,1-5H3. The van der Waals surface area contributed by atoms with Gasteiger partial charge in [0.2, 0.25) is 5.88 Å². The number of rotatable bonds is 6. The molecule has 1 atom stereocenters. The first-order valence-electron chi connectivity index (χ1n) is 12.1. The van der Waals surface area contributed by atoms with Crippen LogP contribution in [0.15, 0.2) is 47.5 Å². The second-order valence-corrected chi connectivity index (χ2v) is 10.2. The Morgan fingerprint density at radius 1 is 1.13 bits per heavy atom. The number of amides is 1. The van der Waals surface area contributed by atoms with E-state index in [1.807, 2.05) is 32.9 Å². The van der Waals surface area contributed by atoms with E-state index in [-0.39, 0.29) is 22.4 Å². The van der Waals surface area contributed by atoms with Crippen LogP contribution in [0.25, 0.3) is 5.69 Å². The van der Waals surface area contributed by atoms with E-state index in [2.05, 4.69) is 9.97 Å². The van der Waals surface area contributed by atoms with Gasteiger partial charge >= 0.3 is 0 Å². The topological polar surface area (TPSA) is 95.1 Å². The van der Waals surface area contributed by atoms with E-state index in [4.69, 9.17) is 33.0 Å². The Bertz CT molecular complexity index is 1580. The number of aromatic nitrogens is 5. The third-order valence-electron chi connectivity index (χ3n) is 6.57. The molecule has 196 valence electrons. The number of pyridine rings is 1. The van der Waals surface area contributed by atoms with Crippen molar-refractivity contribution in [2.75, 3.05) is 12.0 Å². The molecule has 4 aromatic rings. The number of hydrogen-bond donors (Lipinski definition) is 0. The summed E-state index contributed by atoms with van der Waals surface area (Å²) < 4.78 is 8.66. The van der Waals surface area contributed by atoms with Crippen LogP contribution in [0.5, 0.6) is 5.88 Å². The van der Waals surface area contributed by atoms with Crippen LogP contribution < -0.4 is 15.2 Å². The summed E-state index contributed by atoms with van der Waals surface area (Å²) in [5, 5.41) is 5.39. The van der Waals surface area contributed by atoms with Gasteiger partial charge in [-0.25, -0.2) is 9.67 Å². The van der Waals surface area contributed by atoms with E-state index in [9.17, 15) is 9.59 Å². The molecule has 0 aliphatic carbocycles. The molecular formula is C27H26Cl2N6O3. The number of halogens is 2. The molecule has 0 bridgehead atoms. The molecule has 0 fully saturated rings. The molecule has 1 amide bonds. The summed E-state index contributed by atoms with van der Waals surface area (Å²) in [6, 6.07) is 8.30. The Balaban J connectivity index is 1.79. The van der Waals surface area contributed by atoms with Gasteiger partial charge in [0.05, 0.1) is 30.7 Å². The van der Waals surface area contributed by atoms with Gasteiger partial charge in [0.25, 0.3) is 11.5 Å². The lowest BCUT2D eigenvalue weighted by Crippen LogP contribution is -2.31. The number of fused-ring (bicyclic) bond motifs is 1. The Labute approximate surface area is 229 Å². The van der Waals surface area contributed by atoms with Crippen molar-refractivity contribution < 1.29 is 9.53 Å². The molecule has 5 rings (SSSR count). The Hall–Kier alpha value is -3.69. The number of nitrogens with zero attached hydrogens (tertiary/aromatic N) is 6. The van der Waals surface area contributed by atoms with Crippen molar-refractivity contribution in [1.82, 2.24) is 24.3 Å². The maximum absolute atomic E-state index is 14.1. The van der Waals surface area contributed by atoms with Crippen molar-refractivity contribution in [3.63, 3.8) is 0 Å². The fourth-order valence-corrected chi connectivity index (χ4v) is 5.21. The summed E-state index contributed by atoms with van der Waals surface area (Å²) in [6.45, 7) is 6.04. The van der Waals surface area contributed by atoms with Gasteiger partial charge in [-0.2, -0.15) is 10.1 Å². The zero-order chi connectivity index (χ0) is 27.3. The van der Waals surface area contributed by atoms with Gasteiger partial charge in [-0.05, 0) is 29.7 Å². The van der Waals surface area contributed by atoms with Crippen molar-refractivity contribution >= 4 is 34.8 Å². The zero-order valence-electron chi connectivity index (χ0n) is 21.6. The minimum atomic E-state index is -0.545. The van der Waals surface area contributed by atoms with Gasteiger partial charge in [-0.15, -0.1) is 0 Å². The molecule has 3 aromatic heterocycles. The number of hydrogen-bond acceptors (Lipinski definition) is 6. The molecule has 0 saturated heterocycles. The van der Waals surface area contributed by atoms with E-state index in [0.29, 0.717) is 40.2 Å². The molecule has 38 heavy (non-hydrogen) atoms. The highest BCUT2D eigenvalue weighted by Crippen LogP contribution is 2.46. The Morgan fingerprint density at radius 3 is 2.45 bits per heavy atom. The maximum atomic E-state index is 14.1. The summed E-state index contributed by atoms with van der Waals surface area (Å²) >= 11 is 12.5. The van der Waals surface area contributed by atoms with Gasteiger partial charge in [0, 0.05) is 30.3 Å². The summed E-state index contributed by atoms with van der Waals surface area (Å²) in [5.41, 5.74) is 3.37. The van der Waals surface area contributed by atoms with Crippen LogP contribution >= 0.6 is 23.2 Å². The van der Waals surface area contributed by atoms with Crippen LogP contribution in [0.3, 0.4) is 0 Å². The third kappa shape index (κ3) is 4.16. The molecule has 0 saturated carbocycles. The SMILES string of the molecule is CCc1ncc(-n2nc3c(c2C(C)C)C(c2ccc(Cl)cc2)N(c2cc(Cl)c(=O)n(C)c2)C3=O)c(OC)n1. The molecule has 1 aliphatic rings. The van der Waals surface area contributed by atoms with Crippen LogP contribution in [0, 0.1) is 0 Å². The van der Waals surface area contributed by atoms with E-state index < -0.39 is 6.04 Å². The highest BCUT2D eigenvalue weighted by atomic mass is 35.5. The number of carbonyl (C=O) groups is 1. The smallest absolute Gasteiger partial charge is 0.280 e. The molecule has 4 heterocycles. The second kappa shape index (κ2) is 9.89. The monoisotopic (exact) mass is 552 g/mol. The first kappa shape index (κ1) is 25.9. The van der Waals surface area contributed by atoms with Gasteiger partial charge in [-0.3, -0.25) is 14.5 Å². The average molecular weight is 553 g/mol. The highest BCUT2D eigenvalue weighted by molar-refractivity contribution is 6.31. The highest BCUT2D eigenvalue weighted by Gasteiger charge is 2.45. The number of benzene rings is 1. The second-order valence-electron chi connectivity index (χ2n) is 9.34. The molecule has 1 aliphatic heterocycles. The number of aryl methyl sites for hydroxylation is 2. The van der Waals surface area contributed by atoms with Crippen molar-refractivity contribution in [2.45, 2.75) is 39.2 Å². The predicted octanol–water partition coefficient (Wildman–Crippen LogP) is 5.11. The van der Waals surface area contributed by atoms with Gasteiger partial charge in [0.15, 0.2) is 5.69 Å². The third-order valence-corrected chi connectivity index (χ3v) is 7.09. The lowest BCUT2D eigenvalue weighted by Gasteiger charge is -2.28. The normalized spacial score (nSPS) is 14.9. The Morgan fingerprint density at radius 2 is 1.84 bits per heavy atom. The predicted molar refractivity (Wildman–Crippen MR) is 146 cm³/mol. The maximum Gasteiger partial charge on any atom is 0.280 e. The first-order valence-corrected chi connectivity index (χ1v) is 12.9. The minimum absolute atomic E-state index is 0.0178. The van der Waals surface area contributed by atoms with Crippen molar-refractivity contribution in [1.29, 1.82) is 0 Å². The van der Waals surface area contributed by atoms with Crippen molar-refractivity contribution in [3.05, 3.63) is 91.5 Å². The average Bonchev–Trinajstić information content (AvgIpc) is 3.42. The number of ether oxygens (including phenoxy) is 1. The first-order chi connectivity index (χ1) is 18.2. The molecule has 0 radical (unpaired) electrons. The van der Waals surface area contributed by atoms with Gasteiger partial charge in [0.1, 0.15) is 16.5 Å². The summed E-state index contributed by atoms with van der Waals surface area (Å²) in [5.74, 6) is 0.662. The van der Waals surface area contributed by atoms with Gasteiger partial charge < -0.3 is 9.30 Å². The summed E-state index contributed by atoms with van der Waals surface area (Å²) in [7, 11) is 3.14. The molecule has 1 aromatic carbocycles. The number of anilines is 1. The fraction of sp³-hybridized carbons (Fsp3) is 0.296. The zero-order valence-corrected chi connectivity index (χ0v) is 23.1. The van der Waals surface area contributed by atoms with Crippen LogP contribution in [-0.4, -0.2) is 37.3 Å². The van der Waals surface area contributed by atoms with E-state index in [1.54, 1.807) is 48.3 Å². The van der Waals surface area contributed by atoms with E-state index in [1.165, 1.54) is 10.6 Å². The van der Waals surface area contributed by atoms with Crippen molar-refractivity contribution in [3.8, 4) is 11.6 Å². The Kier molecular flexibility index (Phi) is 6.75. The van der Waals surface area contributed by atoms with Crippen LogP contribution in [0.1, 0.15) is 65.9 Å². The van der Waals surface area contributed by atoms with Crippen molar-refractivity contribution in [2.24, 2.45) is 7.05 Å². The lowest BCUT2D eigenvalue weighted by atomic mass is 9.94. The molecule has 11 heteroatoms. The summed E-state index contributed by atoms with van der Waals surface area (Å²) in [6.07, 6.45) is 3.92. The quantitative estimate of drug-likeness (QED) is 0.329. The van der Waals surface area contributed by atoms with Crippen LogP contribution in [0.2, 0.25) is 10.0 Å². The van der Waals surface area contributed by atoms with Gasteiger partial charge in [-0.1, -0.05) is 56.1 Å². The number of methoxy groups -OCH3 is 1. The van der Waals surface area contributed by atoms with Crippen LogP contribution in [-0.2, 0) is 13.5 Å². The van der Waals surface area contributed by atoms with Crippen LogP contribution in [0.4, 0.5) is 5.69 Å². The molecular weight excluding hydrogens is 527 g/mol. The summed E-state index contributed by atoms with van der Waals surface area (Å²) in [4.78, 5) is 36.9. The molecule has 0 spiro atoms. The van der Waals surface area contributed by atoms with E-state index >= 15 is 0 Å². The number of carbonyl (C=O) groups excluding carboxylic acids is 1. The molecule has 0 N–H and O–H groups in total. The largest absolute Gasteiger partial charge is 0.479 e. The molecule has 1 unspecified atom stereocenters. The fourth-order valence-electron chi connectivity index (χ4n) is 4.84. The molecule has 9 nitrogen and oxygen atoms in total.